The van der Waals surface area contributed by atoms with Crippen LogP contribution in [0.2, 0.25) is 0 Å². The van der Waals surface area contributed by atoms with Gasteiger partial charge in [0.25, 0.3) is 0 Å². The van der Waals surface area contributed by atoms with Gasteiger partial charge in [0.1, 0.15) is 5.69 Å². The van der Waals surface area contributed by atoms with Crippen LogP contribution in [-0.4, -0.2) is 77.4 Å². The normalized spacial score (nSPS) is 18.7. The monoisotopic (exact) mass is 481 g/mol. The van der Waals surface area contributed by atoms with Gasteiger partial charge in [-0.15, -0.1) is 13.2 Å². The molecule has 9 nitrogen and oxygen atoms in total. The largest absolute Gasteiger partial charge is 0.573 e. The fraction of sp³-hybridized carbons (Fsp3) is 0.556. The maximum Gasteiger partial charge on any atom is 0.573 e. The number of alkyl halides is 3. The third kappa shape index (κ3) is 6.60. The summed E-state index contributed by atoms with van der Waals surface area (Å²) in [4.78, 5) is 1.91. The van der Waals surface area contributed by atoms with Crippen LogP contribution >= 0.6 is 0 Å². The molecule has 1 saturated heterocycles. The molecule has 32 heavy (non-hydrogen) atoms. The smallest absolute Gasteiger partial charge is 0.403 e. The Kier molecular flexibility index (Phi) is 7.69. The van der Waals surface area contributed by atoms with E-state index in [2.05, 4.69) is 20.1 Å². The summed E-state index contributed by atoms with van der Waals surface area (Å²) in [7, 11) is -3.41. The average Bonchev–Trinajstić information content (AvgIpc) is 3.23. The molecule has 0 spiro atoms. The van der Waals surface area contributed by atoms with E-state index >= 15 is 0 Å². The van der Waals surface area contributed by atoms with Gasteiger partial charge in [-0.3, -0.25) is 4.90 Å². The van der Waals surface area contributed by atoms with Gasteiger partial charge in [-0.05, 0) is 24.6 Å². The number of nitrogens with zero attached hydrogens (tertiary/aromatic N) is 4. The first kappa shape index (κ1) is 24.4. The number of aromatic amines is 1. The van der Waals surface area contributed by atoms with E-state index in [1.807, 2.05) is 4.90 Å². The lowest BCUT2D eigenvalue weighted by molar-refractivity contribution is -0.275. The highest BCUT2D eigenvalue weighted by Gasteiger charge is 2.34. The van der Waals surface area contributed by atoms with Crippen LogP contribution in [-0.2, 0) is 27.9 Å². The van der Waals surface area contributed by atoms with Crippen LogP contribution in [0.3, 0.4) is 0 Å². The second-order valence-electron chi connectivity index (χ2n) is 7.17. The maximum atomic E-state index is 14.1. The van der Waals surface area contributed by atoms with E-state index in [9.17, 15) is 26.0 Å². The van der Waals surface area contributed by atoms with E-state index in [0.717, 1.165) is 12.1 Å². The summed E-state index contributed by atoms with van der Waals surface area (Å²) in [5.41, 5.74) is 0.998. The number of nitrogens with one attached hydrogen (secondary N) is 1. The highest BCUT2D eigenvalue weighted by Crippen LogP contribution is 2.27. The summed E-state index contributed by atoms with van der Waals surface area (Å²) in [6, 6.07) is 2.88. The van der Waals surface area contributed by atoms with Gasteiger partial charge in [0, 0.05) is 32.2 Å². The molecule has 0 radical (unpaired) electrons. The minimum Gasteiger partial charge on any atom is -0.403 e. The van der Waals surface area contributed by atoms with Crippen molar-refractivity contribution in [2.45, 2.75) is 32.5 Å². The Hall–Kier alpha value is -2.29. The highest BCUT2D eigenvalue weighted by atomic mass is 32.2. The van der Waals surface area contributed by atoms with Gasteiger partial charge in [0.2, 0.25) is 10.0 Å². The van der Waals surface area contributed by atoms with E-state index in [1.165, 1.54) is 16.6 Å². The van der Waals surface area contributed by atoms with Crippen molar-refractivity contribution in [3.05, 3.63) is 41.5 Å². The summed E-state index contributed by atoms with van der Waals surface area (Å²) in [5, 5.41) is 10.0. The fourth-order valence-corrected chi connectivity index (χ4v) is 4.47. The third-order valence-corrected chi connectivity index (χ3v) is 6.81. The third-order valence-electron chi connectivity index (χ3n) is 4.96. The second kappa shape index (κ2) is 10.1. The van der Waals surface area contributed by atoms with Gasteiger partial charge in [-0.2, -0.15) is 19.7 Å². The van der Waals surface area contributed by atoms with Crippen LogP contribution in [0.4, 0.5) is 17.6 Å². The zero-order valence-corrected chi connectivity index (χ0v) is 18.0. The zero-order valence-electron chi connectivity index (χ0n) is 17.2. The standard InChI is InChI=1S/C18H23F4N5O4S/c1-2-32(28,29)27-6-5-26(15(10-27)12-30-11-14-8-23-25-24-14)9-13-3-4-17(16(19)7-13)31-18(20,21)22/h3-4,7-8,15H,2,5-6,9-12H2,1H3,(H,23,24,25)/t15-/m1/s1. The van der Waals surface area contributed by atoms with Gasteiger partial charge in [0.15, 0.2) is 11.6 Å². The Balaban J connectivity index is 1.70. The lowest BCUT2D eigenvalue weighted by Crippen LogP contribution is -2.56. The number of rotatable bonds is 9. The Morgan fingerprint density at radius 1 is 1.28 bits per heavy atom. The van der Waals surface area contributed by atoms with Crippen LogP contribution in [0.5, 0.6) is 5.75 Å². The number of piperazine rings is 1. The van der Waals surface area contributed by atoms with Crippen molar-refractivity contribution >= 4 is 10.0 Å². The van der Waals surface area contributed by atoms with Crippen molar-refractivity contribution < 1.29 is 35.5 Å². The zero-order chi connectivity index (χ0) is 23.4. The van der Waals surface area contributed by atoms with Crippen LogP contribution < -0.4 is 4.74 Å². The summed E-state index contributed by atoms with van der Waals surface area (Å²) in [6.07, 6.45) is -3.49. The molecule has 14 heteroatoms. The quantitative estimate of drug-likeness (QED) is 0.546. The van der Waals surface area contributed by atoms with Crippen LogP contribution in [0, 0.1) is 5.82 Å². The first-order valence-corrected chi connectivity index (χ1v) is 11.4. The SMILES string of the molecule is CCS(=O)(=O)N1CCN(Cc2ccc(OC(F)(F)F)c(F)c2)[C@@H](COCc2cn[nH]n2)C1. The topological polar surface area (TPSA) is 101 Å². The Morgan fingerprint density at radius 2 is 2.06 bits per heavy atom. The van der Waals surface area contributed by atoms with E-state index in [-0.39, 0.29) is 44.6 Å². The van der Waals surface area contributed by atoms with E-state index in [1.54, 1.807) is 6.92 Å². The first-order chi connectivity index (χ1) is 15.1. The molecule has 1 fully saturated rings. The second-order valence-corrected chi connectivity index (χ2v) is 9.43. The molecule has 1 atom stereocenters. The lowest BCUT2D eigenvalue weighted by Gasteiger charge is -2.40. The summed E-state index contributed by atoms with van der Waals surface area (Å²) in [5.74, 6) is -2.08. The molecule has 2 heterocycles. The molecule has 0 amide bonds. The molecular formula is C18H23F4N5O4S. The number of sulfonamides is 1. The molecule has 3 rings (SSSR count). The van der Waals surface area contributed by atoms with Crippen LogP contribution in [0.15, 0.2) is 24.4 Å². The van der Waals surface area contributed by atoms with Gasteiger partial charge in [-0.1, -0.05) is 6.07 Å². The first-order valence-electron chi connectivity index (χ1n) is 9.76. The predicted octanol–water partition coefficient (Wildman–Crippen LogP) is 1.90. The number of hydrogen-bond donors (Lipinski definition) is 1. The number of halogens is 4. The van der Waals surface area contributed by atoms with Crippen molar-refractivity contribution in [3.63, 3.8) is 0 Å². The number of aromatic nitrogens is 3. The molecule has 0 saturated carbocycles. The summed E-state index contributed by atoms with van der Waals surface area (Å²) < 4.78 is 86.5. The molecule has 0 unspecified atom stereocenters. The van der Waals surface area contributed by atoms with Crippen molar-refractivity contribution in [2.75, 3.05) is 32.0 Å². The molecule has 2 aromatic rings. The molecule has 1 aliphatic heterocycles. The van der Waals surface area contributed by atoms with Crippen molar-refractivity contribution in [1.82, 2.24) is 24.6 Å². The molecule has 1 aliphatic rings. The minimum atomic E-state index is -4.99. The number of hydrogen-bond acceptors (Lipinski definition) is 7. The van der Waals surface area contributed by atoms with Gasteiger partial charge >= 0.3 is 6.36 Å². The van der Waals surface area contributed by atoms with Crippen LogP contribution in [0.1, 0.15) is 18.2 Å². The Bertz CT molecular complexity index is 988. The molecule has 178 valence electrons. The predicted molar refractivity (Wildman–Crippen MR) is 104 cm³/mol. The van der Waals surface area contributed by atoms with Crippen molar-refractivity contribution in [1.29, 1.82) is 0 Å². The van der Waals surface area contributed by atoms with Gasteiger partial charge < -0.3 is 9.47 Å². The molecule has 0 aliphatic carbocycles. The molecular weight excluding hydrogens is 458 g/mol. The van der Waals surface area contributed by atoms with E-state index < -0.39 is 28.0 Å². The highest BCUT2D eigenvalue weighted by molar-refractivity contribution is 7.89. The molecule has 1 aromatic heterocycles. The van der Waals surface area contributed by atoms with E-state index in [0.29, 0.717) is 17.8 Å². The number of benzene rings is 1. The van der Waals surface area contributed by atoms with Gasteiger partial charge in [0.05, 0.1) is 25.2 Å². The summed E-state index contributed by atoms with van der Waals surface area (Å²) in [6.45, 7) is 2.85. The van der Waals surface area contributed by atoms with Crippen LogP contribution in [0.25, 0.3) is 0 Å². The maximum absolute atomic E-state index is 14.1. The molecule has 0 bridgehead atoms. The fourth-order valence-electron chi connectivity index (χ4n) is 3.34. The Labute approximate surface area is 182 Å². The average molecular weight is 481 g/mol. The number of H-pyrrole nitrogens is 1. The minimum absolute atomic E-state index is 0.0363. The molecule has 1 N–H and O–H groups in total. The van der Waals surface area contributed by atoms with Crippen molar-refractivity contribution in [2.24, 2.45) is 0 Å². The Morgan fingerprint density at radius 3 is 2.69 bits per heavy atom. The summed E-state index contributed by atoms with van der Waals surface area (Å²) >= 11 is 0. The number of ether oxygens (including phenoxy) is 2. The lowest BCUT2D eigenvalue weighted by atomic mass is 10.1. The van der Waals surface area contributed by atoms with E-state index in [4.69, 9.17) is 4.74 Å². The van der Waals surface area contributed by atoms with Crippen molar-refractivity contribution in [3.8, 4) is 5.75 Å². The molecule has 1 aromatic carbocycles. The van der Waals surface area contributed by atoms with Gasteiger partial charge in [-0.25, -0.2) is 12.8 Å².